The molecular formula is C13H16ClN3O3. The number of carbonyl (C=O) groups excluding carboxylic acids is 1. The van der Waals surface area contributed by atoms with Gasteiger partial charge in [0.25, 0.3) is 0 Å². The van der Waals surface area contributed by atoms with Gasteiger partial charge >= 0.3 is 0 Å². The Labute approximate surface area is 121 Å². The SMILES string of the molecule is COc1cc2nc(CCCl)n(CC(N)=O)c2cc1OC. The number of ether oxygens (including phenoxy) is 2. The zero-order valence-corrected chi connectivity index (χ0v) is 12.1. The number of rotatable bonds is 6. The molecule has 2 aromatic rings. The third kappa shape index (κ3) is 2.65. The summed E-state index contributed by atoms with van der Waals surface area (Å²) < 4.78 is 12.3. The second kappa shape index (κ2) is 6.00. The Kier molecular flexibility index (Phi) is 4.34. The number of halogens is 1. The third-order valence-corrected chi connectivity index (χ3v) is 3.15. The van der Waals surface area contributed by atoms with Gasteiger partial charge in [-0.25, -0.2) is 4.98 Å². The van der Waals surface area contributed by atoms with Crippen LogP contribution in [0.4, 0.5) is 0 Å². The number of hydrogen-bond donors (Lipinski definition) is 1. The van der Waals surface area contributed by atoms with Crippen molar-refractivity contribution in [3.63, 3.8) is 0 Å². The van der Waals surface area contributed by atoms with Crippen LogP contribution < -0.4 is 15.2 Å². The summed E-state index contributed by atoms with van der Waals surface area (Å²) in [6, 6.07) is 3.55. The number of primary amides is 1. The molecule has 1 heterocycles. The van der Waals surface area contributed by atoms with E-state index in [2.05, 4.69) is 4.98 Å². The second-order valence-corrected chi connectivity index (χ2v) is 4.59. The minimum Gasteiger partial charge on any atom is -0.493 e. The van der Waals surface area contributed by atoms with Gasteiger partial charge in [0, 0.05) is 24.4 Å². The van der Waals surface area contributed by atoms with Crippen molar-refractivity contribution >= 4 is 28.5 Å². The Bertz CT molecular complexity index is 639. The van der Waals surface area contributed by atoms with Crippen LogP contribution in [-0.2, 0) is 17.8 Å². The van der Waals surface area contributed by atoms with Gasteiger partial charge in [0.05, 0.1) is 25.3 Å². The highest BCUT2D eigenvalue weighted by molar-refractivity contribution is 6.17. The highest BCUT2D eigenvalue weighted by Gasteiger charge is 2.15. The number of amides is 1. The fourth-order valence-electron chi connectivity index (χ4n) is 2.11. The molecule has 1 amide bonds. The van der Waals surface area contributed by atoms with Crippen LogP contribution in [0.2, 0.25) is 0 Å². The zero-order valence-electron chi connectivity index (χ0n) is 11.4. The standard InChI is InChI=1S/C13H16ClN3O3/c1-19-10-5-8-9(6-11(10)20-2)17(7-12(15)18)13(16-8)3-4-14/h5-6H,3-4,7H2,1-2H3,(H2,15,18). The fourth-order valence-corrected chi connectivity index (χ4v) is 2.28. The van der Waals surface area contributed by atoms with Crippen molar-refractivity contribution in [1.29, 1.82) is 0 Å². The van der Waals surface area contributed by atoms with Crippen LogP contribution in [0.1, 0.15) is 5.82 Å². The van der Waals surface area contributed by atoms with Gasteiger partial charge in [-0.2, -0.15) is 0 Å². The van der Waals surface area contributed by atoms with E-state index in [0.29, 0.717) is 35.1 Å². The lowest BCUT2D eigenvalue weighted by Crippen LogP contribution is -2.20. The molecule has 2 rings (SSSR count). The monoisotopic (exact) mass is 297 g/mol. The van der Waals surface area contributed by atoms with Crippen LogP contribution in [0, 0.1) is 0 Å². The van der Waals surface area contributed by atoms with Gasteiger partial charge in [0.2, 0.25) is 5.91 Å². The molecule has 7 heteroatoms. The molecule has 0 bridgehead atoms. The first-order valence-corrected chi connectivity index (χ1v) is 6.59. The molecule has 0 atom stereocenters. The molecule has 0 saturated carbocycles. The second-order valence-electron chi connectivity index (χ2n) is 4.22. The summed E-state index contributed by atoms with van der Waals surface area (Å²) in [6.07, 6.45) is 0.550. The Morgan fingerprint density at radius 2 is 2.00 bits per heavy atom. The minimum absolute atomic E-state index is 0.0538. The van der Waals surface area contributed by atoms with Crippen LogP contribution in [0.15, 0.2) is 12.1 Å². The summed E-state index contributed by atoms with van der Waals surface area (Å²) in [7, 11) is 3.11. The van der Waals surface area contributed by atoms with E-state index in [0.717, 1.165) is 5.52 Å². The van der Waals surface area contributed by atoms with Crippen molar-refractivity contribution in [2.24, 2.45) is 5.73 Å². The Hall–Kier alpha value is -1.95. The van der Waals surface area contributed by atoms with E-state index in [1.165, 1.54) is 0 Å². The third-order valence-electron chi connectivity index (χ3n) is 2.96. The summed E-state index contributed by atoms with van der Waals surface area (Å²) in [5.41, 5.74) is 6.77. The van der Waals surface area contributed by atoms with Crippen molar-refractivity contribution in [2.45, 2.75) is 13.0 Å². The Morgan fingerprint density at radius 3 is 2.55 bits per heavy atom. The molecule has 0 aliphatic rings. The summed E-state index contributed by atoms with van der Waals surface area (Å²) >= 11 is 5.77. The maximum atomic E-state index is 11.2. The van der Waals surface area contributed by atoms with E-state index in [4.69, 9.17) is 26.8 Å². The van der Waals surface area contributed by atoms with Gasteiger partial charge in [-0.05, 0) is 0 Å². The highest BCUT2D eigenvalue weighted by atomic mass is 35.5. The van der Waals surface area contributed by atoms with Gasteiger partial charge in [0.15, 0.2) is 11.5 Å². The topological polar surface area (TPSA) is 79.4 Å². The number of hydrogen-bond acceptors (Lipinski definition) is 4. The number of aryl methyl sites for hydroxylation is 1. The smallest absolute Gasteiger partial charge is 0.237 e. The molecule has 0 aliphatic heterocycles. The summed E-state index contributed by atoms with van der Waals surface area (Å²) in [4.78, 5) is 15.7. The number of fused-ring (bicyclic) bond motifs is 1. The molecule has 0 saturated heterocycles. The zero-order chi connectivity index (χ0) is 14.7. The van der Waals surface area contributed by atoms with Crippen molar-refractivity contribution in [1.82, 2.24) is 9.55 Å². The number of methoxy groups -OCH3 is 2. The molecule has 0 unspecified atom stereocenters. The number of nitrogens with two attached hydrogens (primary N) is 1. The lowest BCUT2D eigenvalue weighted by molar-refractivity contribution is -0.118. The van der Waals surface area contributed by atoms with Gasteiger partial charge in [-0.3, -0.25) is 4.79 Å². The predicted molar refractivity (Wildman–Crippen MR) is 76.5 cm³/mol. The first-order chi connectivity index (χ1) is 9.60. The molecule has 1 aromatic heterocycles. The summed E-state index contributed by atoms with van der Waals surface area (Å²) in [6.45, 7) is 0.0538. The van der Waals surface area contributed by atoms with Gasteiger partial charge in [-0.1, -0.05) is 0 Å². The summed E-state index contributed by atoms with van der Waals surface area (Å²) in [5.74, 6) is 1.85. The number of benzene rings is 1. The van der Waals surface area contributed by atoms with E-state index in [1.54, 1.807) is 30.9 Å². The van der Waals surface area contributed by atoms with E-state index in [9.17, 15) is 4.79 Å². The predicted octanol–water partition coefficient (Wildman–Crippen LogP) is 1.32. The molecule has 2 N–H and O–H groups in total. The minimum atomic E-state index is -0.435. The molecule has 0 spiro atoms. The first-order valence-electron chi connectivity index (χ1n) is 6.06. The molecule has 6 nitrogen and oxygen atoms in total. The molecule has 0 fully saturated rings. The fraction of sp³-hybridized carbons (Fsp3) is 0.385. The number of alkyl halides is 1. The summed E-state index contributed by atoms with van der Waals surface area (Å²) in [5, 5.41) is 0. The normalized spacial score (nSPS) is 10.8. The average molecular weight is 298 g/mol. The molecule has 0 aliphatic carbocycles. The van der Waals surface area contributed by atoms with Crippen molar-refractivity contribution in [3.05, 3.63) is 18.0 Å². The van der Waals surface area contributed by atoms with Crippen molar-refractivity contribution in [2.75, 3.05) is 20.1 Å². The average Bonchev–Trinajstić information content (AvgIpc) is 2.74. The maximum absolute atomic E-state index is 11.2. The number of nitrogens with zero attached hydrogens (tertiary/aromatic N) is 2. The van der Waals surface area contributed by atoms with Gasteiger partial charge in [0.1, 0.15) is 12.4 Å². The van der Waals surface area contributed by atoms with Crippen molar-refractivity contribution < 1.29 is 14.3 Å². The first kappa shape index (κ1) is 14.5. The largest absolute Gasteiger partial charge is 0.493 e. The maximum Gasteiger partial charge on any atom is 0.237 e. The van der Waals surface area contributed by atoms with Crippen LogP contribution >= 0.6 is 11.6 Å². The molecule has 0 radical (unpaired) electrons. The van der Waals surface area contributed by atoms with E-state index in [-0.39, 0.29) is 6.54 Å². The quantitative estimate of drug-likeness (QED) is 0.816. The number of carbonyl (C=O) groups is 1. The highest BCUT2D eigenvalue weighted by Crippen LogP contribution is 2.32. The van der Waals surface area contributed by atoms with Crippen molar-refractivity contribution in [3.8, 4) is 11.5 Å². The van der Waals surface area contributed by atoms with Crippen LogP contribution in [-0.4, -0.2) is 35.6 Å². The van der Waals surface area contributed by atoms with E-state index >= 15 is 0 Å². The molecule has 108 valence electrons. The lowest BCUT2D eigenvalue weighted by Gasteiger charge is -2.09. The molecule has 20 heavy (non-hydrogen) atoms. The van der Waals surface area contributed by atoms with Gasteiger partial charge < -0.3 is 19.8 Å². The van der Waals surface area contributed by atoms with Crippen LogP contribution in [0.25, 0.3) is 11.0 Å². The number of imidazole rings is 1. The Balaban J connectivity index is 2.64. The van der Waals surface area contributed by atoms with Crippen LogP contribution in [0.3, 0.4) is 0 Å². The molecular weight excluding hydrogens is 282 g/mol. The molecule has 1 aromatic carbocycles. The number of aromatic nitrogens is 2. The van der Waals surface area contributed by atoms with Gasteiger partial charge in [-0.15, -0.1) is 11.6 Å². The van der Waals surface area contributed by atoms with Crippen LogP contribution in [0.5, 0.6) is 11.5 Å². The van der Waals surface area contributed by atoms with E-state index < -0.39 is 5.91 Å². The van der Waals surface area contributed by atoms with E-state index in [1.807, 2.05) is 0 Å². The Morgan fingerprint density at radius 1 is 1.35 bits per heavy atom. The lowest BCUT2D eigenvalue weighted by atomic mass is 10.2.